The molecule has 1 atom stereocenters. The van der Waals surface area contributed by atoms with Gasteiger partial charge in [0.2, 0.25) is 5.91 Å². The SMILES string of the molecule is CC(/C=C/C(=O)N[C@H]1CCCCCNc2cc(NCCO)ccc2-c2nc1[nH]c2C#N)=C(\C=C/C(Cl)=C/F)C(F)(F)F. The molecule has 0 aliphatic carbocycles. The maximum atomic E-state index is 13.5. The van der Waals surface area contributed by atoms with E-state index < -0.39 is 28.7 Å². The molecule has 2 heterocycles. The summed E-state index contributed by atoms with van der Waals surface area (Å²) in [4.78, 5) is 20.5. The van der Waals surface area contributed by atoms with Crippen LogP contribution in [0.4, 0.5) is 28.9 Å². The predicted octanol–water partition coefficient (Wildman–Crippen LogP) is 6.54. The Hall–Kier alpha value is -4.08. The van der Waals surface area contributed by atoms with Crippen molar-refractivity contribution in [1.29, 1.82) is 5.26 Å². The van der Waals surface area contributed by atoms with Crippen molar-refractivity contribution < 1.29 is 27.5 Å². The van der Waals surface area contributed by atoms with Crippen LogP contribution in [0.2, 0.25) is 0 Å². The van der Waals surface area contributed by atoms with Gasteiger partial charge in [0.1, 0.15) is 29.6 Å². The van der Waals surface area contributed by atoms with E-state index in [1.54, 1.807) is 0 Å². The van der Waals surface area contributed by atoms with Crippen LogP contribution in [0.3, 0.4) is 0 Å². The zero-order chi connectivity index (χ0) is 30.7. The van der Waals surface area contributed by atoms with Crippen LogP contribution < -0.4 is 16.0 Å². The molecular formula is C29H31ClF4N6O2. The number of anilines is 2. The number of carbonyl (C=O) groups excluding carboxylic acids is 1. The highest BCUT2D eigenvalue weighted by molar-refractivity contribution is 6.31. The molecule has 8 nitrogen and oxygen atoms in total. The third kappa shape index (κ3) is 8.96. The molecule has 0 radical (unpaired) electrons. The number of amides is 1. The summed E-state index contributed by atoms with van der Waals surface area (Å²) in [6.07, 6.45) is 1.45. The van der Waals surface area contributed by atoms with E-state index in [4.69, 9.17) is 16.7 Å². The lowest BCUT2D eigenvalue weighted by Gasteiger charge is -2.17. The molecule has 5 N–H and O–H groups in total. The minimum Gasteiger partial charge on any atom is -0.395 e. The van der Waals surface area contributed by atoms with Gasteiger partial charge in [-0.15, -0.1) is 0 Å². The van der Waals surface area contributed by atoms with Gasteiger partial charge < -0.3 is 26.0 Å². The highest BCUT2D eigenvalue weighted by atomic mass is 35.5. The van der Waals surface area contributed by atoms with E-state index >= 15 is 0 Å². The number of alkyl halides is 3. The van der Waals surface area contributed by atoms with Gasteiger partial charge in [0.15, 0.2) is 0 Å². The number of hydrogen-bond donors (Lipinski definition) is 5. The average molecular weight is 607 g/mol. The first kappa shape index (κ1) is 32.4. The van der Waals surface area contributed by atoms with Crippen LogP contribution in [0, 0.1) is 11.3 Å². The van der Waals surface area contributed by atoms with Crippen molar-refractivity contribution in [2.75, 3.05) is 30.3 Å². The fraction of sp³-hybridized carbons (Fsp3) is 0.345. The fourth-order valence-corrected chi connectivity index (χ4v) is 4.41. The lowest BCUT2D eigenvalue weighted by Crippen LogP contribution is -2.28. The van der Waals surface area contributed by atoms with Crippen molar-refractivity contribution >= 4 is 28.9 Å². The smallest absolute Gasteiger partial charge is 0.395 e. The number of fused-ring (bicyclic) bond motifs is 4. The van der Waals surface area contributed by atoms with Gasteiger partial charge in [-0.25, -0.2) is 9.37 Å². The van der Waals surface area contributed by atoms with E-state index in [1.807, 2.05) is 18.2 Å². The van der Waals surface area contributed by atoms with Gasteiger partial charge in [0.25, 0.3) is 0 Å². The van der Waals surface area contributed by atoms with E-state index in [2.05, 4.69) is 32.0 Å². The third-order valence-electron chi connectivity index (χ3n) is 6.41. The highest BCUT2D eigenvalue weighted by Gasteiger charge is 2.33. The largest absolute Gasteiger partial charge is 0.416 e. The quantitative estimate of drug-likeness (QED) is 0.132. The summed E-state index contributed by atoms with van der Waals surface area (Å²) in [7, 11) is 0. The van der Waals surface area contributed by atoms with Crippen LogP contribution in [0.1, 0.15) is 50.2 Å². The lowest BCUT2D eigenvalue weighted by molar-refractivity contribution is -0.117. The molecule has 3 rings (SSSR count). The molecule has 2 bridgehead atoms. The summed E-state index contributed by atoms with van der Waals surface area (Å²) in [5, 5.41) is 27.7. The molecule has 224 valence electrons. The van der Waals surface area contributed by atoms with Crippen LogP contribution in [0.5, 0.6) is 0 Å². The summed E-state index contributed by atoms with van der Waals surface area (Å²) in [6, 6.07) is 6.97. The number of aromatic amines is 1. The molecule has 1 aliphatic rings. The number of allylic oxidation sites excluding steroid dienone is 6. The zero-order valence-corrected chi connectivity index (χ0v) is 23.5. The van der Waals surface area contributed by atoms with Crippen molar-refractivity contribution in [1.82, 2.24) is 15.3 Å². The normalized spacial score (nSPS) is 17.0. The van der Waals surface area contributed by atoms with Crippen molar-refractivity contribution in [3.8, 4) is 17.3 Å². The molecule has 0 saturated carbocycles. The number of imidazole rings is 1. The Morgan fingerprint density at radius 2 is 2.02 bits per heavy atom. The van der Waals surface area contributed by atoms with Gasteiger partial charge in [-0.05, 0) is 55.7 Å². The Kier molecular flexibility index (Phi) is 11.8. The number of rotatable bonds is 8. The number of halogens is 5. The van der Waals surface area contributed by atoms with E-state index in [0.717, 1.165) is 42.4 Å². The van der Waals surface area contributed by atoms with Crippen LogP contribution >= 0.6 is 11.6 Å². The van der Waals surface area contributed by atoms with Gasteiger partial charge in [-0.2, -0.15) is 18.4 Å². The third-order valence-corrected chi connectivity index (χ3v) is 6.62. The summed E-state index contributed by atoms with van der Waals surface area (Å²) in [6.45, 7) is 2.17. The second kappa shape index (κ2) is 15.2. The topological polar surface area (TPSA) is 126 Å². The summed E-state index contributed by atoms with van der Waals surface area (Å²) >= 11 is 5.44. The van der Waals surface area contributed by atoms with Gasteiger partial charge in [0, 0.05) is 36.1 Å². The monoisotopic (exact) mass is 606 g/mol. The molecule has 0 fully saturated rings. The number of H-pyrrole nitrogens is 1. The average Bonchev–Trinajstić information content (AvgIpc) is 3.39. The van der Waals surface area contributed by atoms with Gasteiger partial charge in [-0.3, -0.25) is 4.79 Å². The number of benzene rings is 1. The Balaban J connectivity index is 1.92. The first-order valence-corrected chi connectivity index (χ1v) is 13.6. The molecule has 2 aromatic rings. The summed E-state index contributed by atoms with van der Waals surface area (Å²) in [5.41, 5.74) is 1.42. The Morgan fingerprint density at radius 3 is 2.71 bits per heavy atom. The number of aliphatic hydroxyl groups excluding tert-OH is 1. The maximum absolute atomic E-state index is 13.5. The van der Waals surface area contributed by atoms with E-state index in [9.17, 15) is 27.6 Å². The molecule has 0 unspecified atom stereocenters. The first-order chi connectivity index (χ1) is 20.1. The molecular weight excluding hydrogens is 576 g/mol. The van der Waals surface area contributed by atoms with Crippen LogP contribution in [0.15, 0.2) is 65.0 Å². The molecule has 0 saturated heterocycles. The minimum absolute atomic E-state index is 0.0303. The Morgan fingerprint density at radius 1 is 1.24 bits per heavy atom. The summed E-state index contributed by atoms with van der Waals surface area (Å²) in [5.74, 6) is -0.312. The molecule has 0 spiro atoms. The minimum atomic E-state index is -4.76. The molecule has 13 heteroatoms. The predicted molar refractivity (Wildman–Crippen MR) is 154 cm³/mol. The van der Waals surface area contributed by atoms with Crippen molar-refractivity contribution in [3.63, 3.8) is 0 Å². The lowest BCUT2D eigenvalue weighted by atomic mass is 10.0. The van der Waals surface area contributed by atoms with E-state index in [0.29, 0.717) is 49.1 Å². The zero-order valence-electron chi connectivity index (χ0n) is 22.8. The number of carbonyl (C=O) groups is 1. The van der Waals surface area contributed by atoms with E-state index in [-0.39, 0.29) is 24.2 Å². The Labute approximate surface area is 245 Å². The fourth-order valence-electron chi connectivity index (χ4n) is 4.35. The Bertz CT molecular complexity index is 1420. The molecule has 1 aromatic carbocycles. The van der Waals surface area contributed by atoms with Crippen LogP contribution in [0.25, 0.3) is 11.3 Å². The highest BCUT2D eigenvalue weighted by Crippen LogP contribution is 2.34. The number of nitrogens with one attached hydrogen (secondary N) is 4. The van der Waals surface area contributed by atoms with Gasteiger partial charge >= 0.3 is 6.18 Å². The standard InChI is InChI=1S/C29H31ClF4N6O2/c1-18(22(29(32,33)34)10-7-19(30)16-31)6-11-26(42)38-23-5-3-2-4-12-37-24-15-20(36-13-14-41)8-9-21(24)27-25(17-35)39-28(23)40-27/h6-11,15-16,23,36-37,41H,2-5,12-14H2,1H3,(H,38,42)(H,39,40)/b10-7-,11-6+,19-16-,22-18-/t23-/m0/s1. The molecule has 1 aromatic heterocycles. The first-order valence-electron chi connectivity index (χ1n) is 13.2. The van der Waals surface area contributed by atoms with Crippen LogP contribution in [-0.4, -0.2) is 46.9 Å². The molecule has 42 heavy (non-hydrogen) atoms. The number of nitrogens with zero attached hydrogens (tertiary/aromatic N) is 2. The van der Waals surface area contributed by atoms with Crippen molar-refractivity contribution in [2.24, 2.45) is 0 Å². The number of aromatic nitrogens is 2. The second-order valence-electron chi connectivity index (χ2n) is 9.46. The number of aliphatic hydroxyl groups is 1. The number of nitriles is 1. The van der Waals surface area contributed by atoms with Crippen LogP contribution in [-0.2, 0) is 4.79 Å². The van der Waals surface area contributed by atoms with Crippen molar-refractivity contribution in [3.05, 3.63) is 76.5 Å². The van der Waals surface area contributed by atoms with Gasteiger partial charge in [-0.1, -0.05) is 30.5 Å². The number of hydrogen-bond acceptors (Lipinski definition) is 6. The molecule has 1 amide bonds. The van der Waals surface area contributed by atoms with Crippen molar-refractivity contribution in [2.45, 2.75) is 44.8 Å². The van der Waals surface area contributed by atoms with E-state index in [1.165, 1.54) is 6.92 Å². The maximum Gasteiger partial charge on any atom is 0.416 e. The summed E-state index contributed by atoms with van der Waals surface area (Å²) < 4.78 is 53.0. The molecule has 1 aliphatic heterocycles. The van der Waals surface area contributed by atoms with Gasteiger partial charge in [0.05, 0.1) is 23.3 Å². The second-order valence-corrected chi connectivity index (χ2v) is 9.90.